The van der Waals surface area contributed by atoms with Gasteiger partial charge in [0.1, 0.15) is 5.75 Å². The minimum absolute atomic E-state index is 0.0936. The van der Waals surface area contributed by atoms with Gasteiger partial charge in [0, 0.05) is 12.7 Å². The number of hydrogen-bond acceptors (Lipinski definition) is 3. The Kier molecular flexibility index (Phi) is 3.89. The highest BCUT2D eigenvalue weighted by molar-refractivity contribution is 6.00. The summed E-state index contributed by atoms with van der Waals surface area (Å²) in [6, 6.07) is 4.85. The van der Waals surface area contributed by atoms with Crippen molar-refractivity contribution in [1.82, 2.24) is 0 Å². The first-order valence-electron chi connectivity index (χ1n) is 4.28. The molecular formula is C10H9F3O3. The summed E-state index contributed by atoms with van der Waals surface area (Å²) < 4.78 is 45.8. The van der Waals surface area contributed by atoms with Crippen LogP contribution in [0.15, 0.2) is 24.3 Å². The molecule has 6 heteroatoms. The van der Waals surface area contributed by atoms with Crippen molar-refractivity contribution in [3.05, 3.63) is 29.8 Å². The quantitative estimate of drug-likeness (QED) is 0.592. The van der Waals surface area contributed by atoms with E-state index in [9.17, 15) is 18.0 Å². The highest BCUT2D eigenvalue weighted by Gasteiger charge is 2.39. The van der Waals surface area contributed by atoms with Gasteiger partial charge in [0.15, 0.2) is 6.79 Å². The first-order valence-corrected chi connectivity index (χ1v) is 4.28. The van der Waals surface area contributed by atoms with Gasteiger partial charge in [0.2, 0.25) is 0 Å². The minimum Gasteiger partial charge on any atom is -0.468 e. The molecule has 0 heterocycles. The number of alkyl halides is 3. The van der Waals surface area contributed by atoms with Gasteiger partial charge >= 0.3 is 6.18 Å². The Bertz CT molecular complexity index is 374. The Morgan fingerprint density at radius 3 is 2.62 bits per heavy atom. The maximum Gasteiger partial charge on any atom is 0.454 e. The molecule has 0 radical (unpaired) electrons. The van der Waals surface area contributed by atoms with Gasteiger partial charge in [-0.3, -0.25) is 4.79 Å². The number of ether oxygens (including phenoxy) is 2. The zero-order valence-electron chi connectivity index (χ0n) is 8.38. The second kappa shape index (κ2) is 4.98. The van der Waals surface area contributed by atoms with Crippen molar-refractivity contribution < 1.29 is 27.4 Å². The van der Waals surface area contributed by atoms with Gasteiger partial charge in [-0.25, -0.2) is 0 Å². The highest BCUT2D eigenvalue weighted by atomic mass is 19.4. The van der Waals surface area contributed by atoms with Crippen molar-refractivity contribution in [1.29, 1.82) is 0 Å². The largest absolute Gasteiger partial charge is 0.468 e. The summed E-state index contributed by atoms with van der Waals surface area (Å²) in [6.45, 7) is -0.0936. The zero-order chi connectivity index (χ0) is 12.2. The van der Waals surface area contributed by atoms with Crippen LogP contribution in [-0.2, 0) is 4.74 Å². The molecule has 0 aliphatic heterocycles. The standard InChI is InChI=1S/C10H9F3O3/c1-15-6-16-8-4-2-3-7(5-8)9(14)10(11,12)13/h2-5H,6H2,1H3. The summed E-state index contributed by atoms with van der Waals surface area (Å²) >= 11 is 0. The summed E-state index contributed by atoms with van der Waals surface area (Å²) in [7, 11) is 1.38. The summed E-state index contributed by atoms with van der Waals surface area (Å²) in [5.41, 5.74) is -0.457. The van der Waals surface area contributed by atoms with Crippen molar-refractivity contribution in [2.45, 2.75) is 6.18 Å². The lowest BCUT2D eigenvalue weighted by atomic mass is 10.1. The molecule has 0 atom stereocenters. The predicted octanol–water partition coefficient (Wildman–Crippen LogP) is 2.41. The third-order valence-corrected chi connectivity index (χ3v) is 1.70. The van der Waals surface area contributed by atoms with Crippen LogP contribution in [0.4, 0.5) is 13.2 Å². The first kappa shape index (κ1) is 12.5. The van der Waals surface area contributed by atoms with Crippen LogP contribution >= 0.6 is 0 Å². The summed E-state index contributed by atoms with van der Waals surface area (Å²) in [5, 5.41) is 0. The number of carbonyl (C=O) groups excluding carboxylic acids is 1. The molecular weight excluding hydrogens is 225 g/mol. The molecule has 0 fully saturated rings. The maximum absolute atomic E-state index is 12.1. The average molecular weight is 234 g/mol. The molecule has 0 aromatic heterocycles. The van der Waals surface area contributed by atoms with Crippen LogP contribution in [0, 0.1) is 0 Å². The van der Waals surface area contributed by atoms with Gasteiger partial charge < -0.3 is 9.47 Å². The molecule has 1 aromatic carbocycles. The molecule has 0 bridgehead atoms. The number of methoxy groups -OCH3 is 1. The van der Waals surface area contributed by atoms with E-state index in [0.717, 1.165) is 12.1 Å². The van der Waals surface area contributed by atoms with Crippen LogP contribution in [0.25, 0.3) is 0 Å². The van der Waals surface area contributed by atoms with Crippen LogP contribution < -0.4 is 4.74 Å². The monoisotopic (exact) mass is 234 g/mol. The molecule has 0 unspecified atom stereocenters. The molecule has 0 N–H and O–H groups in total. The van der Waals surface area contributed by atoms with Crippen molar-refractivity contribution in [2.75, 3.05) is 13.9 Å². The van der Waals surface area contributed by atoms with E-state index < -0.39 is 17.5 Å². The molecule has 88 valence electrons. The van der Waals surface area contributed by atoms with Crippen molar-refractivity contribution in [2.24, 2.45) is 0 Å². The zero-order valence-corrected chi connectivity index (χ0v) is 8.38. The van der Waals surface area contributed by atoms with Gasteiger partial charge in [-0.2, -0.15) is 13.2 Å². The van der Waals surface area contributed by atoms with E-state index in [1.54, 1.807) is 0 Å². The fraction of sp³-hybridized carbons (Fsp3) is 0.300. The average Bonchev–Trinajstić information content (AvgIpc) is 2.24. The van der Waals surface area contributed by atoms with E-state index >= 15 is 0 Å². The summed E-state index contributed by atoms with van der Waals surface area (Å²) in [4.78, 5) is 10.9. The van der Waals surface area contributed by atoms with Crippen LogP contribution in [0.5, 0.6) is 5.75 Å². The number of carbonyl (C=O) groups is 1. The summed E-state index contributed by atoms with van der Waals surface area (Å²) in [5.74, 6) is -1.74. The van der Waals surface area contributed by atoms with Crippen LogP contribution in [0.2, 0.25) is 0 Å². The second-order valence-electron chi connectivity index (χ2n) is 2.91. The van der Waals surface area contributed by atoms with Crippen molar-refractivity contribution in [3.63, 3.8) is 0 Å². The van der Waals surface area contributed by atoms with E-state index in [0.29, 0.717) is 0 Å². The Labute approximate surface area is 89.8 Å². The van der Waals surface area contributed by atoms with E-state index in [2.05, 4.69) is 4.74 Å². The summed E-state index contributed by atoms with van der Waals surface area (Å²) in [6.07, 6.45) is -4.88. The molecule has 0 saturated heterocycles. The molecule has 16 heavy (non-hydrogen) atoms. The van der Waals surface area contributed by atoms with Crippen molar-refractivity contribution in [3.8, 4) is 5.75 Å². The Morgan fingerprint density at radius 2 is 2.06 bits per heavy atom. The smallest absolute Gasteiger partial charge is 0.454 e. The Balaban J connectivity index is 2.86. The number of Topliss-reactive ketones (excluding diaryl/α,β-unsaturated/α-hetero) is 1. The van der Waals surface area contributed by atoms with E-state index in [4.69, 9.17) is 4.74 Å². The lowest BCUT2D eigenvalue weighted by molar-refractivity contribution is -0.0885. The molecule has 3 nitrogen and oxygen atoms in total. The molecule has 0 aliphatic carbocycles. The molecule has 1 aromatic rings. The van der Waals surface area contributed by atoms with Crippen LogP contribution in [0.1, 0.15) is 10.4 Å². The van der Waals surface area contributed by atoms with E-state index in [-0.39, 0.29) is 12.5 Å². The number of benzene rings is 1. The fourth-order valence-corrected chi connectivity index (χ4v) is 1.02. The van der Waals surface area contributed by atoms with Gasteiger partial charge in [0.05, 0.1) is 0 Å². The Hall–Kier alpha value is -1.56. The number of ketones is 1. The lowest BCUT2D eigenvalue weighted by Gasteiger charge is -2.08. The molecule has 0 aliphatic rings. The third-order valence-electron chi connectivity index (χ3n) is 1.70. The SMILES string of the molecule is COCOc1cccc(C(=O)C(F)(F)F)c1. The number of rotatable bonds is 4. The Morgan fingerprint density at radius 1 is 1.38 bits per heavy atom. The van der Waals surface area contributed by atoms with E-state index in [1.165, 1.54) is 19.2 Å². The lowest BCUT2D eigenvalue weighted by Crippen LogP contribution is -2.22. The van der Waals surface area contributed by atoms with Gasteiger partial charge in [-0.15, -0.1) is 0 Å². The predicted molar refractivity (Wildman–Crippen MR) is 49.3 cm³/mol. The topological polar surface area (TPSA) is 35.5 Å². The third kappa shape index (κ3) is 3.23. The fourth-order valence-electron chi connectivity index (χ4n) is 1.02. The second-order valence-corrected chi connectivity index (χ2v) is 2.91. The van der Waals surface area contributed by atoms with Crippen LogP contribution in [-0.4, -0.2) is 25.9 Å². The number of hydrogen-bond donors (Lipinski definition) is 0. The number of halogens is 3. The molecule has 0 saturated carbocycles. The highest BCUT2D eigenvalue weighted by Crippen LogP contribution is 2.23. The molecule has 1 rings (SSSR count). The first-order chi connectivity index (χ1) is 7.45. The minimum atomic E-state index is -4.88. The van der Waals surface area contributed by atoms with Gasteiger partial charge in [-0.1, -0.05) is 12.1 Å². The molecule has 0 amide bonds. The van der Waals surface area contributed by atoms with E-state index in [1.807, 2.05) is 0 Å². The molecule has 0 spiro atoms. The van der Waals surface area contributed by atoms with Crippen LogP contribution in [0.3, 0.4) is 0 Å². The normalized spacial score (nSPS) is 11.2. The van der Waals surface area contributed by atoms with Gasteiger partial charge in [-0.05, 0) is 12.1 Å². The van der Waals surface area contributed by atoms with Gasteiger partial charge in [0.25, 0.3) is 5.78 Å². The van der Waals surface area contributed by atoms with Crippen molar-refractivity contribution >= 4 is 5.78 Å². The maximum atomic E-state index is 12.1.